The van der Waals surface area contributed by atoms with Gasteiger partial charge < -0.3 is 14.3 Å². The first-order valence-corrected chi connectivity index (χ1v) is 11.1. The maximum absolute atomic E-state index is 13.3. The van der Waals surface area contributed by atoms with Crippen molar-refractivity contribution in [2.75, 3.05) is 0 Å². The van der Waals surface area contributed by atoms with Crippen LogP contribution < -0.4 is 10.2 Å². The molecule has 0 atom stereocenters. The number of aliphatic hydroxyl groups is 1. The SMILES string of the molecule is CCC1=C(O)c2c(oc(-c3ccc4cc(OC(C)=O)ccc4c3)cc2=O)C(CC)(CC)C1=O. The van der Waals surface area contributed by atoms with Crippen LogP contribution >= 0.6 is 0 Å². The number of carbonyl (C=O) groups is 2. The van der Waals surface area contributed by atoms with E-state index in [0.29, 0.717) is 36.3 Å². The fourth-order valence-electron chi connectivity index (χ4n) is 4.67. The number of Topliss-reactive ketones (excluding diaryl/α,β-unsaturated/α-hetero) is 1. The number of hydrogen-bond donors (Lipinski definition) is 1. The van der Waals surface area contributed by atoms with Crippen molar-refractivity contribution in [3.63, 3.8) is 0 Å². The van der Waals surface area contributed by atoms with Crippen LogP contribution in [0.25, 0.3) is 27.9 Å². The van der Waals surface area contributed by atoms with E-state index in [-0.39, 0.29) is 33.9 Å². The van der Waals surface area contributed by atoms with Gasteiger partial charge in [-0.25, -0.2) is 0 Å². The van der Waals surface area contributed by atoms with Crippen LogP contribution in [0.2, 0.25) is 0 Å². The zero-order valence-corrected chi connectivity index (χ0v) is 19.2. The minimum absolute atomic E-state index is 0.0886. The van der Waals surface area contributed by atoms with E-state index in [9.17, 15) is 19.5 Å². The molecule has 6 heteroatoms. The molecule has 33 heavy (non-hydrogen) atoms. The van der Waals surface area contributed by atoms with E-state index in [4.69, 9.17) is 9.15 Å². The van der Waals surface area contributed by atoms with E-state index in [1.807, 2.05) is 38.1 Å². The van der Waals surface area contributed by atoms with Gasteiger partial charge in [-0.3, -0.25) is 14.4 Å². The molecule has 3 aromatic rings. The highest BCUT2D eigenvalue weighted by atomic mass is 16.5. The maximum Gasteiger partial charge on any atom is 0.308 e. The van der Waals surface area contributed by atoms with E-state index in [1.165, 1.54) is 13.0 Å². The third-order valence-corrected chi connectivity index (χ3v) is 6.53. The van der Waals surface area contributed by atoms with Crippen molar-refractivity contribution in [3.8, 4) is 17.1 Å². The summed E-state index contributed by atoms with van der Waals surface area (Å²) in [4.78, 5) is 37.7. The monoisotopic (exact) mass is 446 g/mol. The van der Waals surface area contributed by atoms with Gasteiger partial charge in [0, 0.05) is 24.1 Å². The molecule has 0 bridgehead atoms. The van der Waals surface area contributed by atoms with Gasteiger partial charge in [-0.05, 0) is 48.2 Å². The Bertz CT molecular complexity index is 1370. The van der Waals surface area contributed by atoms with Crippen molar-refractivity contribution in [3.05, 3.63) is 69.6 Å². The lowest BCUT2D eigenvalue weighted by Gasteiger charge is -2.35. The third-order valence-electron chi connectivity index (χ3n) is 6.53. The first-order chi connectivity index (χ1) is 15.7. The zero-order valence-electron chi connectivity index (χ0n) is 19.2. The first-order valence-electron chi connectivity index (χ1n) is 11.1. The lowest BCUT2D eigenvalue weighted by Crippen LogP contribution is -2.41. The Labute approximate surface area is 191 Å². The normalized spacial score (nSPS) is 15.0. The number of ether oxygens (including phenoxy) is 1. The number of carbonyl (C=O) groups excluding carboxylic acids is 2. The Hall–Kier alpha value is -3.67. The largest absolute Gasteiger partial charge is 0.507 e. The van der Waals surface area contributed by atoms with Crippen LogP contribution in [-0.4, -0.2) is 16.9 Å². The average molecular weight is 446 g/mol. The molecule has 1 N–H and O–H groups in total. The molecule has 4 rings (SSSR count). The zero-order chi connectivity index (χ0) is 23.9. The molecule has 1 aromatic heterocycles. The Morgan fingerprint density at radius 1 is 1.00 bits per heavy atom. The quantitative estimate of drug-likeness (QED) is 0.399. The summed E-state index contributed by atoms with van der Waals surface area (Å²) in [6, 6.07) is 12.2. The lowest BCUT2D eigenvalue weighted by molar-refractivity contribution is -0.131. The second-order valence-corrected chi connectivity index (χ2v) is 8.30. The summed E-state index contributed by atoms with van der Waals surface area (Å²) >= 11 is 0. The van der Waals surface area contributed by atoms with Crippen LogP contribution in [0.3, 0.4) is 0 Å². The van der Waals surface area contributed by atoms with Gasteiger partial charge in [0.05, 0.1) is 5.41 Å². The van der Waals surface area contributed by atoms with E-state index < -0.39 is 11.4 Å². The Morgan fingerprint density at radius 2 is 1.67 bits per heavy atom. The van der Waals surface area contributed by atoms with Crippen molar-refractivity contribution in [1.29, 1.82) is 0 Å². The molecular formula is C27H26O6. The molecule has 1 heterocycles. The maximum atomic E-state index is 13.3. The second kappa shape index (κ2) is 8.35. The van der Waals surface area contributed by atoms with Gasteiger partial charge in [0.15, 0.2) is 11.2 Å². The predicted octanol–water partition coefficient (Wildman–Crippen LogP) is 5.70. The van der Waals surface area contributed by atoms with Gasteiger partial charge in [0.2, 0.25) is 0 Å². The van der Waals surface area contributed by atoms with E-state index in [1.54, 1.807) is 19.1 Å². The smallest absolute Gasteiger partial charge is 0.308 e. The predicted molar refractivity (Wildman–Crippen MR) is 126 cm³/mol. The van der Waals surface area contributed by atoms with Crippen molar-refractivity contribution in [1.82, 2.24) is 0 Å². The van der Waals surface area contributed by atoms with Crippen LogP contribution in [0.4, 0.5) is 0 Å². The third kappa shape index (κ3) is 3.55. The highest BCUT2D eigenvalue weighted by Crippen LogP contribution is 2.44. The summed E-state index contributed by atoms with van der Waals surface area (Å²) in [6.45, 7) is 6.93. The standard InChI is InChI=1S/C27H26O6/c1-5-20-24(30)23-21(29)14-22(33-26(23)27(6-2,7-3)25(20)31)18-9-8-17-13-19(32-15(4)28)11-10-16(17)12-18/h8-14,30H,5-7H2,1-4H3. The minimum Gasteiger partial charge on any atom is -0.507 e. The Morgan fingerprint density at radius 3 is 2.30 bits per heavy atom. The molecular weight excluding hydrogens is 420 g/mol. The summed E-state index contributed by atoms with van der Waals surface area (Å²) in [6.07, 6.45) is 1.25. The molecule has 0 aliphatic heterocycles. The number of benzene rings is 2. The number of esters is 1. The fraction of sp³-hybridized carbons (Fsp3) is 0.296. The van der Waals surface area contributed by atoms with Crippen molar-refractivity contribution < 1.29 is 23.8 Å². The molecule has 0 fully saturated rings. The molecule has 0 saturated carbocycles. The fourth-order valence-corrected chi connectivity index (χ4v) is 4.67. The molecule has 170 valence electrons. The molecule has 2 aromatic carbocycles. The first kappa shape index (κ1) is 22.5. The van der Waals surface area contributed by atoms with E-state index in [0.717, 1.165) is 10.8 Å². The molecule has 0 radical (unpaired) electrons. The Balaban J connectivity index is 1.90. The number of allylic oxidation sites excluding steroid dienone is 1. The van der Waals surface area contributed by atoms with E-state index >= 15 is 0 Å². The van der Waals surface area contributed by atoms with Gasteiger partial charge in [0.1, 0.15) is 28.6 Å². The van der Waals surface area contributed by atoms with Gasteiger partial charge in [0.25, 0.3) is 0 Å². The van der Waals surface area contributed by atoms with Crippen LogP contribution in [0.5, 0.6) is 5.75 Å². The number of rotatable bonds is 5. The summed E-state index contributed by atoms with van der Waals surface area (Å²) < 4.78 is 11.4. The van der Waals surface area contributed by atoms with Gasteiger partial charge in [-0.15, -0.1) is 0 Å². The molecule has 1 aliphatic rings. The molecule has 0 spiro atoms. The molecule has 0 saturated heterocycles. The molecule has 6 nitrogen and oxygen atoms in total. The van der Waals surface area contributed by atoms with Gasteiger partial charge in [-0.2, -0.15) is 0 Å². The van der Waals surface area contributed by atoms with Crippen LogP contribution in [0, 0.1) is 0 Å². The topological polar surface area (TPSA) is 93.8 Å². The highest BCUT2D eigenvalue weighted by molar-refractivity contribution is 6.10. The van der Waals surface area contributed by atoms with Crippen LogP contribution in [0.1, 0.15) is 58.3 Å². The summed E-state index contributed by atoms with van der Waals surface area (Å²) in [5.74, 6) is 0.168. The minimum atomic E-state index is -0.988. The van der Waals surface area contributed by atoms with E-state index in [2.05, 4.69) is 0 Å². The van der Waals surface area contributed by atoms with Crippen LogP contribution in [0.15, 0.2) is 57.2 Å². The van der Waals surface area contributed by atoms with Crippen molar-refractivity contribution >= 4 is 28.3 Å². The van der Waals surface area contributed by atoms with Crippen LogP contribution in [-0.2, 0) is 15.0 Å². The molecule has 0 unspecified atom stereocenters. The summed E-state index contributed by atoms with van der Waals surface area (Å²) in [5.41, 5.74) is -0.330. The Kier molecular flexibility index (Phi) is 5.70. The number of ketones is 1. The number of hydrogen-bond acceptors (Lipinski definition) is 6. The van der Waals surface area contributed by atoms with Crippen molar-refractivity contribution in [2.24, 2.45) is 0 Å². The molecule has 0 amide bonds. The van der Waals surface area contributed by atoms with Crippen molar-refractivity contribution in [2.45, 2.75) is 52.4 Å². The lowest BCUT2D eigenvalue weighted by atomic mass is 9.68. The number of fused-ring (bicyclic) bond motifs is 2. The highest BCUT2D eigenvalue weighted by Gasteiger charge is 2.48. The molecule has 1 aliphatic carbocycles. The number of aliphatic hydroxyl groups excluding tert-OH is 1. The summed E-state index contributed by atoms with van der Waals surface area (Å²) in [5, 5.41) is 12.5. The average Bonchev–Trinajstić information content (AvgIpc) is 2.79. The summed E-state index contributed by atoms with van der Waals surface area (Å²) in [7, 11) is 0. The van der Waals surface area contributed by atoms with Gasteiger partial charge >= 0.3 is 5.97 Å². The van der Waals surface area contributed by atoms with Gasteiger partial charge in [-0.1, -0.05) is 39.0 Å². The second-order valence-electron chi connectivity index (χ2n) is 8.30.